The number of nitrogens with zero attached hydrogens (tertiary/aromatic N) is 1. The molecule has 0 radical (unpaired) electrons. The Bertz CT molecular complexity index is 546. The number of hydrogen-bond acceptors (Lipinski definition) is 1. The van der Waals surface area contributed by atoms with Gasteiger partial charge in [0.15, 0.2) is 5.69 Å². The van der Waals surface area contributed by atoms with Crippen LogP contribution in [0.4, 0.5) is 5.69 Å². The van der Waals surface area contributed by atoms with Gasteiger partial charge < -0.3 is 4.74 Å². The highest BCUT2D eigenvalue weighted by Gasteiger charge is 2.00. The van der Waals surface area contributed by atoms with Crippen LogP contribution in [0.1, 0.15) is 5.56 Å². The Balaban J connectivity index is 2.10. The van der Waals surface area contributed by atoms with Gasteiger partial charge in [0.2, 0.25) is 0 Å². The lowest BCUT2D eigenvalue weighted by molar-refractivity contribution is 0.306. The molecule has 0 saturated carbocycles. The first-order chi connectivity index (χ1) is 8.28. The molecular weight excluding hydrogens is 278 g/mol. The third-order valence-corrected chi connectivity index (χ3v) is 2.69. The average Bonchev–Trinajstić information content (AvgIpc) is 2.37. The molecule has 0 unspecified atom stereocenters. The van der Waals surface area contributed by atoms with Gasteiger partial charge in [0.05, 0.1) is 6.57 Å². The molecule has 0 aliphatic rings. The maximum Gasteiger partial charge on any atom is 0.191 e. The lowest BCUT2D eigenvalue weighted by Gasteiger charge is -2.07. The van der Waals surface area contributed by atoms with Crippen LogP contribution in [-0.2, 0) is 6.61 Å². The maximum atomic E-state index is 6.98. The predicted octanol–water partition coefficient (Wildman–Crippen LogP) is 4.58. The third-order valence-electron chi connectivity index (χ3n) is 2.23. The fourth-order valence-electron chi connectivity index (χ4n) is 1.44. The Kier molecular flexibility index (Phi) is 3.79. The van der Waals surface area contributed by atoms with Gasteiger partial charge in [-0.15, -0.1) is 0 Å². The van der Waals surface area contributed by atoms with E-state index < -0.39 is 0 Å². The van der Waals surface area contributed by atoms with E-state index in [4.69, 9.17) is 11.3 Å². The van der Waals surface area contributed by atoms with E-state index in [-0.39, 0.29) is 0 Å². The van der Waals surface area contributed by atoms with Crippen LogP contribution in [0.5, 0.6) is 5.75 Å². The zero-order valence-corrected chi connectivity index (χ0v) is 10.6. The fourth-order valence-corrected chi connectivity index (χ4v) is 1.90. The summed E-state index contributed by atoms with van der Waals surface area (Å²) in [7, 11) is 0. The fraction of sp³-hybridized carbons (Fsp3) is 0.0714. The molecular formula is C14H10BrNO. The van der Waals surface area contributed by atoms with Gasteiger partial charge in [-0.2, -0.15) is 0 Å². The highest BCUT2D eigenvalue weighted by Crippen LogP contribution is 2.27. The largest absolute Gasteiger partial charge is 0.490 e. The summed E-state index contributed by atoms with van der Waals surface area (Å²) in [6.07, 6.45) is 0. The van der Waals surface area contributed by atoms with Crippen LogP contribution in [0.2, 0.25) is 0 Å². The van der Waals surface area contributed by atoms with E-state index in [1.165, 1.54) is 0 Å². The van der Waals surface area contributed by atoms with Crippen molar-refractivity contribution in [1.29, 1.82) is 0 Å². The number of hydrogen-bond donors (Lipinski definition) is 0. The van der Waals surface area contributed by atoms with Gasteiger partial charge in [0.1, 0.15) is 12.4 Å². The molecule has 2 aromatic carbocycles. The second-order valence-corrected chi connectivity index (χ2v) is 4.45. The van der Waals surface area contributed by atoms with Crippen molar-refractivity contribution in [2.24, 2.45) is 0 Å². The second-order valence-electron chi connectivity index (χ2n) is 3.53. The Hall–Kier alpha value is -1.79. The molecule has 0 saturated heterocycles. The Morgan fingerprint density at radius 2 is 1.88 bits per heavy atom. The number of ether oxygens (including phenoxy) is 1. The van der Waals surface area contributed by atoms with Crippen molar-refractivity contribution >= 4 is 21.6 Å². The second kappa shape index (κ2) is 5.51. The topological polar surface area (TPSA) is 13.6 Å². The molecule has 2 nitrogen and oxygen atoms in total. The zero-order chi connectivity index (χ0) is 12.1. The lowest BCUT2D eigenvalue weighted by Crippen LogP contribution is -1.94. The molecule has 0 aliphatic carbocycles. The van der Waals surface area contributed by atoms with Crippen LogP contribution in [0.3, 0.4) is 0 Å². The van der Waals surface area contributed by atoms with Crippen LogP contribution in [0.25, 0.3) is 4.85 Å². The summed E-state index contributed by atoms with van der Waals surface area (Å²) in [5.41, 5.74) is 1.68. The molecule has 0 fully saturated rings. The molecule has 3 heteroatoms. The molecule has 0 aromatic heterocycles. The Morgan fingerprint density at radius 1 is 1.12 bits per heavy atom. The lowest BCUT2D eigenvalue weighted by atomic mass is 10.2. The maximum absolute atomic E-state index is 6.98. The first-order valence-electron chi connectivity index (χ1n) is 5.13. The first kappa shape index (κ1) is 11.7. The molecule has 0 heterocycles. The molecule has 2 aromatic rings. The SMILES string of the molecule is [C-]#[N+]c1cc(Br)cc(OCc2ccccc2)c1. The smallest absolute Gasteiger partial charge is 0.191 e. The summed E-state index contributed by atoms with van der Waals surface area (Å²) in [6.45, 7) is 7.49. The molecule has 17 heavy (non-hydrogen) atoms. The van der Waals surface area contributed by atoms with Gasteiger partial charge in [-0.25, -0.2) is 4.85 Å². The molecule has 0 N–H and O–H groups in total. The minimum atomic E-state index is 0.509. The van der Waals surface area contributed by atoms with Crippen LogP contribution < -0.4 is 4.74 Å². The van der Waals surface area contributed by atoms with E-state index >= 15 is 0 Å². The van der Waals surface area contributed by atoms with E-state index in [9.17, 15) is 0 Å². The van der Waals surface area contributed by atoms with E-state index in [0.29, 0.717) is 18.0 Å². The summed E-state index contributed by atoms with van der Waals surface area (Å²) in [5.74, 6) is 0.703. The standard InChI is InChI=1S/C14H10BrNO/c1-16-13-7-12(15)8-14(9-13)17-10-11-5-3-2-4-6-11/h2-9H,10H2. The normalized spacial score (nSPS) is 9.65. The van der Waals surface area contributed by atoms with Crippen molar-refractivity contribution in [2.75, 3.05) is 0 Å². The zero-order valence-electron chi connectivity index (χ0n) is 9.06. The Labute approximate surface area is 109 Å². The van der Waals surface area contributed by atoms with E-state index in [1.807, 2.05) is 36.4 Å². The van der Waals surface area contributed by atoms with E-state index in [2.05, 4.69) is 20.8 Å². The number of rotatable bonds is 3. The molecule has 2 rings (SSSR count). The average molecular weight is 288 g/mol. The van der Waals surface area contributed by atoms with E-state index in [0.717, 1.165) is 10.0 Å². The van der Waals surface area contributed by atoms with Crippen molar-refractivity contribution in [1.82, 2.24) is 0 Å². The molecule has 0 spiro atoms. The first-order valence-corrected chi connectivity index (χ1v) is 5.92. The van der Waals surface area contributed by atoms with Crippen molar-refractivity contribution in [3.63, 3.8) is 0 Å². The van der Waals surface area contributed by atoms with Gasteiger partial charge in [-0.3, -0.25) is 0 Å². The van der Waals surface area contributed by atoms with Crippen LogP contribution in [0.15, 0.2) is 53.0 Å². The van der Waals surface area contributed by atoms with Crippen molar-refractivity contribution in [2.45, 2.75) is 6.61 Å². The van der Waals surface area contributed by atoms with Gasteiger partial charge in [-0.05, 0) is 23.8 Å². The summed E-state index contributed by atoms with van der Waals surface area (Å²) in [4.78, 5) is 3.39. The van der Waals surface area contributed by atoms with Gasteiger partial charge >= 0.3 is 0 Å². The van der Waals surface area contributed by atoms with Gasteiger partial charge in [0, 0.05) is 4.47 Å². The summed E-state index contributed by atoms with van der Waals surface area (Å²) in [6, 6.07) is 15.3. The molecule has 0 bridgehead atoms. The third kappa shape index (κ3) is 3.33. The monoisotopic (exact) mass is 287 g/mol. The minimum absolute atomic E-state index is 0.509. The predicted molar refractivity (Wildman–Crippen MR) is 71.2 cm³/mol. The van der Waals surface area contributed by atoms with Gasteiger partial charge in [-0.1, -0.05) is 46.3 Å². The van der Waals surface area contributed by atoms with Crippen molar-refractivity contribution in [3.05, 3.63) is 70.0 Å². The minimum Gasteiger partial charge on any atom is -0.490 e. The van der Waals surface area contributed by atoms with Crippen LogP contribution >= 0.6 is 15.9 Å². The van der Waals surface area contributed by atoms with E-state index in [1.54, 1.807) is 12.1 Å². The van der Waals surface area contributed by atoms with Crippen LogP contribution in [0, 0.1) is 6.57 Å². The Morgan fingerprint density at radius 3 is 2.59 bits per heavy atom. The van der Waals surface area contributed by atoms with Crippen molar-refractivity contribution in [3.8, 4) is 5.75 Å². The highest BCUT2D eigenvalue weighted by molar-refractivity contribution is 9.10. The van der Waals surface area contributed by atoms with Gasteiger partial charge in [0.25, 0.3) is 0 Å². The number of halogens is 1. The summed E-state index contributed by atoms with van der Waals surface area (Å²) >= 11 is 3.36. The summed E-state index contributed by atoms with van der Waals surface area (Å²) in [5, 5.41) is 0. The highest BCUT2D eigenvalue weighted by atomic mass is 79.9. The van der Waals surface area contributed by atoms with Crippen molar-refractivity contribution < 1.29 is 4.74 Å². The summed E-state index contributed by atoms with van der Waals surface area (Å²) < 4.78 is 6.50. The molecule has 0 aliphatic heterocycles. The quantitative estimate of drug-likeness (QED) is 0.754. The number of benzene rings is 2. The molecule has 0 atom stereocenters. The molecule has 84 valence electrons. The molecule has 0 amide bonds. The van der Waals surface area contributed by atoms with Crippen LogP contribution in [-0.4, -0.2) is 0 Å².